The van der Waals surface area contributed by atoms with E-state index in [1.165, 1.54) is 0 Å². The van der Waals surface area contributed by atoms with Crippen LogP contribution in [0.4, 0.5) is 18.2 Å². The summed E-state index contributed by atoms with van der Waals surface area (Å²) in [6.07, 6.45) is -5.09. The third kappa shape index (κ3) is 4.01. The number of benzene rings is 1. The zero-order chi connectivity index (χ0) is 18.9. The lowest BCUT2D eigenvalue weighted by Crippen LogP contribution is -2.30. The predicted molar refractivity (Wildman–Crippen MR) is 90.2 cm³/mol. The molecule has 2 rings (SSSR count). The van der Waals surface area contributed by atoms with Crippen molar-refractivity contribution in [2.24, 2.45) is 0 Å². The van der Waals surface area contributed by atoms with E-state index < -0.39 is 18.1 Å². The summed E-state index contributed by atoms with van der Waals surface area (Å²) in [6, 6.07) is 7.14. The molecule has 2 aromatic rings. The van der Waals surface area contributed by atoms with E-state index in [1.807, 2.05) is 26.0 Å². The van der Waals surface area contributed by atoms with Crippen LogP contribution < -0.4 is 5.32 Å². The first-order valence-corrected chi connectivity index (χ1v) is 8.19. The molecule has 0 aliphatic heterocycles. The van der Waals surface area contributed by atoms with Crippen LogP contribution in [0, 0.1) is 6.92 Å². The largest absolute Gasteiger partial charge is 0.478 e. The number of aryl methyl sites for hydroxylation is 1. The number of hydrogen-bond acceptors (Lipinski definition) is 3. The van der Waals surface area contributed by atoms with Gasteiger partial charge in [0.2, 0.25) is 0 Å². The summed E-state index contributed by atoms with van der Waals surface area (Å²) >= 11 is 0.806. The Morgan fingerprint density at radius 2 is 1.72 bits per heavy atom. The van der Waals surface area contributed by atoms with E-state index in [9.17, 15) is 27.9 Å². The van der Waals surface area contributed by atoms with E-state index in [0.717, 1.165) is 16.9 Å². The molecule has 0 saturated carbocycles. The summed E-state index contributed by atoms with van der Waals surface area (Å²) < 4.78 is 37.4. The number of rotatable bonds is 4. The SMILES string of the molecule is Cc1sc(NC(=O)C(F)(F)F)c(C(=O)O)c1-c1ccc(C(C)C)cc1. The molecule has 0 aliphatic carbocycles. The van der Waals surface area contributed by atoms with Gasteiger partial charge in [0.05, 0.1) is 0 Å². The summed E-state index contributed by atoms with van der Waals surface area (Å²) in [5.74, 6) is -3.30. The van der Waals surface area contributed by atoms with E-state index in [4.69, 9.17) is 0 Å². The summed E-state index contributed by atoms with van der Waals surface area (Å²) in [4.78, 5) is 23.3. The van der Waals surface area contributed by atoms with Crippen LogP contribution in [0.1, 0.15) is 40.6 Å². The average Bonchev–Trinajstić information content (AvgIpc) is 2.82. The van der Waals surface area contributed by atoms with Crippen molar-refractivity contribution in [3.8, 4) is 11.1 Å². The second-order valence-electron chi connectivity index (χ2n) is 5.77. The maximum Gasteiger partial charge on any atom is 0.471 e. The first-order chi connectivity index (χ1) is 11.5. The molecule has 1 aromatic carbocycles. The molecular weight excluding hydrogens is 355 g/mol. The van der Waals surface area contributed by atoms with Crippen LogP contribution in [0.25, 0.3) is 11.1 Å². The Morgan fingerprint density at radius 3 is 2.16 bits per heavy atom. The number of carboxylic acid groups (broad SMARTS) is 1. The number of thiophene rings is 1. The Balaban J connectivity index is 2.52. The standard InChI is InChI=1S/C17H16F3NO3S/c1-8(2)10-4-6-11(7-5-10)12-9(3)25-14(13(12)15(22)23)21-16(24)17(18,19)20/h4-8H,1-3H3,(H,21,24)(H,22,23). The second-order valence-corrected chi connectivity index (χ2v) is 7.00. The monoisotopic (exact) mass is 371 g/mol. The topological polar surface area (TPSA) is 66.4 Å². The molecule has 1 amide bonds. The van der Waals surface area contributed by atoms with Crippen LogP contribution in [0.2, 0.25) is 0 Å². The first-order valence-electron chi connectivity index (χ1n) is 7.37. The van der Waals surface area contributed by atoms with Crippen molar-refractivity contribution in [3.63, 3.8) is 0 Å². The van der Waals surface area contributed by atoms with Crippen molar-refractivity contribution in [3.05, 3.63) is 40.3 Å². The molecule has 0 unspecified atom stereocenters. The molecular formula is C17H16F3NO3S. The fourth-order valence-corrected chi connectivity index (χ4v) is 3.46. The van der Waals surface area contributed by atoms with Crippen molar-refractivity contribution in [2.75, 3.05) is 5.32 Å². The highest BCUT2D eigenvalue weighted by molar-refractivity contribution is 7.17. The third-order valence-corrected chi connectivity index (χ3v) is 4.67. The lowest BCUT2D eigenvalue weighted by molar-refractivity contribution is -0.167. The average molecular weight is 371 g/mol. The Kier molecular flexibility index (Phi) is 5.22. The normalized spacial score (nSPS) is 11.6. The maximum atomic E-state index is 12.5. The van der Waals surface area contributed by atoms with Gasteiger partial charge in [0, 0.05) is 10.4 Å². The van der Waals surface area contributed by atoms with Crippen LogP contribution in [0.15, 0.2) is 24.3 Å². The fourth-order valence-electron chi connectivity index (χ4n) is 2.39. The zero-order valence-electron chi connectivity index (χ0n) is 13.7. The number of nitrogens with one attached hydrogen (secondary N) is 1. The molecule has 1 heterocycles. The highest BCUT2D eigenvalue weighted by Crippen LogP contribution is 2.40. The quantitative estimate of drug-likeness (QED) is 0.791. The highest BCUT2D eigenvalue weighted by Gasteiger charge is 2.40. The van der Waals surface area contributed by atoms with Gasteiger partial charge in [-0.2, -0.15) is 13.2 Å². The minimum Gasteiger partial charge on any atom is -0.478 e. The molecule has 134 valence electrons. The van der Waals surface area contributed by atoms with Gasteiger partial charge in [0.25, 0.3) is 0 Å². The third-order valence-electron chi connectivity index (χ3n) is 3.65. The molecule has 0 saturated heterocycles. The number of alkyl halides is 3. The molecule has 8 heteroatoms. The molecule has 0 bridgehead atoms. The number of carbonyl (C=O) groups excluding carboxylic acids is 1. The Hall–Kier alpha value is -2.35. The van der Waals surface area contributed by atoms with Crippen molar-refractivity contribution >= 4 is 28.2 Å². The van der Waals surface area contributed by atoms with Crippen LogP contribution in [-0.4, -0.2) is 23.2 Å². The lowest BCUT2D eigenvalue weighted by atomic mass is 9.97. The smallest absolute Gasteiger partial charge is 0.471 e. The van der Waals surface area contributed by atoms with Gasteiger partial charge in [-0.3, -0.25) is 4.79 Å². The van der Waals surface area contributed by atoms with E-state index >= 15 is 0 Å². The lowest BCUT2D eigenvalue weighted by Gasteiger charge is -2.09. The molecule has 4 nitrogen and oxygen atoms in total. The van der Waals surface area contributed by atoms with Gasteiger partial charge < -0.3 is 10.4 Å². The molecule has 25 heavy (non-hydrogen) atoms. The van der Waals surface area contributed by atoms with Gasteiger partial charge >= 0.3 is 18.1 Å². The zero-order valence-corrected chi connectivity index (χ0v) is 14.5. The Bertz CT molecular complexity index is 808. The second kappa shape index (κ2) is 6.87. The number of anilines is 1. The van der Waals surface area contributed by atoms with E-state index in [-0.39, 0.29) is 10.6 Å². The minimum absolute atomic E-state index is 0.290. The van der Waals surface area contributed by atoms with Crippen LogP contribution >= 0.6 is 11.3 Å². The fraction of sp³-hybridized carbons (Fsp3) is 0.294. The van der Waals surface area contributed by atoms with Crippen LogP contribution in [0.3, 0.4) is 0 Å². The Labute approximate surface area is 146 Å². The molecule has 0 aliphatic rings. The molecule has 0 spiro atoms. The molecule has 2 N–H and O–H groups in total. The van der Waals surface area contributed by atoms with Crippen molar-refractivity contribution in [2.45, 2.75) is 32.9 Å². The first kappa shape index (κ1) is 19.0. The van der Waals surface area contributed by atoms with Gasteiger partial charge in [-0.05, 0) is 24.0 Å². The molecule has 1 aromatic heterocycles. The van der Waals surface area contributed by atoms with E-state index in [0.29, 0.717) is 21.9 Å². The van der Waals surface area contributed by atoms with Crippen molar-refractivity contribution < 1.29 is 27.9 Å². The van der Waals surface area contributed by atoms with Gasteiger partial charge in [0.15, 0.2) is 0 Å². The highest BCUT2D eigenvalue weighted by atomic mass is 32.1. The predicted octanol–water partition coefficient (Wildman–Crippen LogP) is 5.05. The summed E-state index contributed by atoms with van der Waals surface area (Å²) in [6.45, 7) is 5.63. The molecule has 0 atom stereocenters. The number of aromatic carboxylic acids is 1. The number of carbonyl (C=O) groups is 2. The van der Waals surface area contributed by atoms with E-state index in [2.05, 4.69) is 0 Å². The van der Waals surface area contributed by atoms with Crippen molar-refractivity contribution in [1.82, 2.24) is 0 Å². The maximum absolute atomic E-state index is 12.5. The van der Waals surface area contributed by atoms with Crippen molar-refractivity contribution in [1.29, 1.82) is 0 Å². The summed E-state index contributed by atoms with van der Waals surface area (Å²) in [5.41, 5.74) is 1.60. The van der Waals surface area contributed by atoms with Gasteiger partial charge in [0.1, 0.15) is 10.6 Å². The van der Waals surface area contributed by atoms with E-state index in [1.54, 1.807) is 24.4 Å². The van der Waals surface area contributed by atoms with Crippen LogP contribution in [-0.2, 0) is 4.79 Å². The van der Waals surface area contributed by atoms with Gasteiger partial charge in [-0.15, -0.1) is 11.3 Å². The molecule has 0 radical (unpaired) electrons. The van der Waals surface area contributed by atoms with Crippen LogP contribution in [0.5, 0.6) is 0 Å². The van der Waals surface area contributed by atoms with Gasteiger partial charge in [-0.1, -0.05) is 38.1 Å². The number of halogens is 3. The molecule has 0 fully saturated rings. The number of carboxylic acids is 1. The number of amides is 1. The summed E-state index contributed by atoms with van der Waals surface area (Å²) in [7, 11) is 0. The number of hydrogen-bond donors (Lipinski definition) is 2. The van der Waals surface area contributed by atoms with Gasteiger partial charge in [-0.25, -0.2) is 4.79 Å². The Morgan fingerprint density at radius 1 is 1.16 bits per heavy atom. The minimum atomic E-state index is -5.09. The summed E-state index contributed by atoms with van der Waals surface area (Å²) in [5, 5.41) is 10.8.